The Morgan fingerprint density at radius 2 is 2.00 bits per heavy atom. The molecular weight excluding hydrogens is 226 g/mol. The van der Waals surface area contributed by atoms with Gasteiger partial charge in [0.1, 0.15) is 9.84 Å². The van der Waals surface area contributed by atoms with Gasteiger partial charge in [-0.15, -0.1) is 6.58 Å². The van der Waals surface area contributed by atoms with Crippen molar-refractivity contribution < 1.29 is 13.2 Å². The van der Waals surface area contributed by atoms with Crippen LogP contribution in [0.25, 0.3) is 0 Å². The van der Waals surface area contributed by atoms with Gasteiger partial charge in [0.05, 0.1) is 5.25 Å². The second-order valence-corrected chi connectivity index (χ2v) is 6.56. The van der Waals surface area contributed by atoms with Crippen molar-refractivity contribution in [3.8, 4) is 0 Å². The van der Waals surface area contributed by atoms with E-state index in [1.807, 2.05) is 0 Å². The molecular formula is C11H19NO3S. The number of sulfone groups is 1. The fourth-order valence-electron chi connectivity index (χ4n) is 1.92. The van der Waals surface area contributed by atoms with Gasteiger partial charge < -0.3 is 4.90 Å². The van der Waals surface area contributed by atoms with Gasteiger partial charge in [0.15, 0.2) is 0 Å². The molecule has 1 aliphatic heterocycles. The summed E-state index contributed by atoms with van der Waals surface area (Å²) in [6, 6.07) is 0. The minimum Gasteiger partial charge on any atom is -0.343 e. The molecule has 0 N–H and O–H groups in total. The van der Waals surface area contributed by atoms with Gasteiger partial charge in [-0.2, -0.15) is 0 Å². The number of rotatable bonds is 4. The Bertz CT molecular complexity index is 353. The average Bonchev–Trinajstić information content (AvgIpc) is 2.25. The molecule has 0 unspecified atom stereocenters. The molecule has 1 rings (SSSR count). The van der Waals surface area contributed by atoms with Crippen molar-refractivity contribution in [2.75, 3.05) is 19.3 Å². The van der Waals surface area contributed by atoms with Gasteiger partial charge in [-0.1, -0.05) is 6.08 Å². The highest BCUT2D eigenvalue weighted by molar-refractivity contribution is 7.91. The van der Waals surface area contributed by atoms with E-state index < -0.39 is 9.84 Å². The molecule has 1 saturated heterocycles. The van der Waals surface area contributed by atoms with Crippen LogP contribution in [0.3, 0.4) is 0 Å². The number of piperidine rings is 1. The second kappa shape index (κ2) is 5.48. The molecule has 1 heterocycles. The van der Waals surface area contributed by atoms with E-state index in [9.17, 15) is 13.2 Å². The molecule has 0 spiro atoms. The molecule has 4 nitrogen and oxygen atoms in total. The number of nitrogens with zero attached hydrogens (tertiary/aromatic N) is 1. The fourth-order valence-corrected chi connectivity index (χ4v) is 2.98. The topological polar surface area (TPSA) is 54.5 Å². The molecule has 0 aromatic heterocycles. The lowest BCUT2D eigenvalue weighted by molar-refractivity contribution is -0.131. The van der Waals surface area contributed by atoms with Crippen LogP contribution in [0.1, 0.15) is 25.7 Å². The van der Waals surface area contributed by atoms with Gasteiger partial charge >= 0.3 is 0 Å². The summed E-state index contributed by atoms with van der Waals surface area (Å²) in [5, 5.41) is -0.268. The molecule has 1 aliphatic rings. The molecule has 16 heavy (non-hydrogen) atoms. The number of hydrogen-bond acceptors (Lipinski definition) is 3. The first-order chi connectivity index (χ1) is 7.45. The summed E-state index contributed by atoms with van der Waals surface area (Å²) in [5.41, 5.74) is 0. The second-order valence-electron chi connectivity index (χ2n) is 4.24. The maximum absolute atomic E-state index is 11.6. The summed E-state index contributed by atoms with van der Waals surface area (Å²) in [6.45, 7) is 4.70. The number of carbonyl (C=O) groups excluding carboxylic acids is 1. The quantitative estimate of drug-likeness (QED) is 0.694. The number of allylic oxidation sites excluding steroid dienone is 1. The molecule has 0 aromatic rings. The summed E-state index contributed by atoms with van der Waals surface area (Å²) < 4.78 is 22.6. The van der Waals surface area contributed by atoms with E-state index in [1.165, 1.54) is 6.26 Å². The first-order valence-electron chi connectivity index (χ1n) is 5.52. The molecule has 5 heteroatoms. The number of likely N-dealkylation sites (tertiary alicyclic amines) is 1. The highest BCUT2D eigenvalue weighted by Crippen LogP contribution is 2.17. The maximum atomic E-state index is 11.6. The predicted molar refractivity (Wildman–Crippen MR) is 63.9 cm³/mol. The standard InChI is InChI=1S/C11H19NO3S/c1-3-4-5-11(13)12-8-6-10(7-9-12)16(2,14)15/h3,10H,1,4-9H2,2H3. The molecule has 1 fully saturated rings. The highest BCUT2D eigenvalue weighted by atomic mass is 32.2. The molecule has 0 radical (unpaired) electrons. The van der Waals surface area contributed by atoms with Crippen molar-refractivity contribution in [3.63, 3.8) is 0 Å². The Balaban J connectivity index is 2.43. The molecule has 0 bridgehead atoms. The van der Waals surface area contributed by atoms with E-state index in [0.717, 1.165) is 0 Å². The molecule has 1 amide bonds. The number of hydrogen-bond donors (Lipinski definition) is 0. The van der Waals surface area contributed by atoms with Crippen LogP contribution in [0.2, 0.25) is 0 Å². The fraction of sp³-hybridized carbons (Fsp3) is 0.727. The van der Waals surface area contributed by atoms with Crippen LogP contribution in [-0.4, -0.2) is 43.8 Å². The van der Waals surface area contributed by atoms with Crippen LogP contribution in [-0.2, 0) is 14.6 Å². The Kier molecular flexibility index (Phi) is 4.53. The summed E-state index contributed by atoms with van der Waals surface area (Å²) in [6.07, 6.45) is 5.29. The van der Waals surface area contributed by atoms with Gasteiger partial charge in [0, 0.05) is 25.8 Å². The maximum Gasteiger partial charge on any atom is 0.222 e. The van der Waals surface area contributed by atoms with Gasteiger partial charge in [0.2, 0.25) is 5.91 Å². The highest BCUT2D eigenvalue weighted by Gasteiger charge is 2.28. The summed E-state index contributed by atoms with van der Waals surface area (Å²) in [7, 11) is -2.95. The lowest BCUT2D eigenvalue weighted by Crippen LogP contribution is -2.42. The molecule has 0 saturated carbocycles. The molecule has 0 atom stereocenters. The SMILES string of the molecule is C=CCCC(=O)N1CCC(S(C)(=O)=O)CC1. The summed E-state index contributed by atoms with van der Waals surface area (Å²) in [4.78, 5) is 13.4. The van der Waals surface area contributed by atoms with Gasteiger partial charge in [-0.05, 0) is 19.3 Å². The largest absolute Gasteiger partial charge is 0.343 e. The van der Waals surface area contributed by atoms with Crippen LogP contribution in [0.5, 0.6) is 0 Å². The summed E-state index contributed by atoms with van der Waals surface area (Å²) >= 11 is 0. The van der Waals surface area contributed by atoms with E-state index >= 15 is 0 Å². The first-order valence-corrected chi connectivity index (χ1v) is 7.48. The van der Waals surface area contributed by atoms with Crippen molar-refractivity contribution in [1.29, 1.82) is 0 Å². The zero-order valence-corrected chi connectivity index (χ0v) is 10.5. The average molecular weight is 245 g/mol. The van der Waals surface area contributed by atoms with Gasteiger partial charge in [0.25, 0.3) is 0 Å². The van der Waals surface area contributed by atoms with E-state index in [0.29, 0.717) is 38.8 Å². The van der Waals surface area contributed by atoms with Crippen LogP contribution < -0.4 is 0 Å². The first kappa shape index (κ1) is 13.2. The van der Waals surface area contributed by atoms with Crippen molar-refractivity contribution in [1.82, 2.24) is 4.90 Å². The van der Waals surface area contributed by atoms with E-state index in [4.69, 9.17) is 0 Å². The van der Waals surface area contributed by atoms with Gasteiger partial charge in [-0.3, -0.25) is 4.79 Å². The van der Waals surface area contributed by atoms with Gasteiger partial charge in [-0.25, -0.2) is 8.42 Å². The van der Waals surface area contributed by atoms with Crippen LogP contribution >= 0.6 is 0 Å². The number of carbonyl (C=O) groups is 1. The van der Waals surface area contributed by atoms with Crippen LogP contribution in [0.15, 0.2) is 12.7 Å². The third-order valence-corrected chi connectivity index (χ3v) is 4.64. The van der Waals surface area contributed by atoms with E-state index in [2.05, 4.69) is 6.58 Å². The predicted octanol–water partition coefficient (Wildman–Crippen LogP) is 0.988. The normalized spacial score (nSPS) is 18.4. The smallest absolute Gasteiger partial charge is 0.222 e. The monoisotopic (exact) mass is 245 g/mol. The van der Waals surface area contributed by atoms with E-state index in [-0.39, 0.29) is 11.2 Å². The molecule has 0 aromatic carbocycles. The number of amides is 1. The third kappa shape index (κ3) is 3.63. The Morgan fingerprint density at radius 1 is 1.44 bits per heavy atom. The zero-order valence-electron chi connectivity index (χ0n) is 9.68. The lowest BCUT2D eigenvalue weighted by Gasteiger charge is -2.31. The summed E-state index contributed by atoms with van der Waals surface area (Å²) in [5.74, 6) is 0.104. The van der Waals surface area contributed by atoms with Crippen molar-refractivity contribution in [2.45, 2.75) is 30.9 Å². The minimum atomic E-state index is -2.95. The lowest BCUT2D eigenvalue weighted by atomic mass is 10.1. The molecule has 92 valence electrons. The Labute approximate surface area is 97.2 Å². The van der Waals surface area contributed by atoms with Crippen molar-refractivity contribution in [2.24, 2.45) is 0 Å². The van der Waals surface area contributed by atoms with E-state index in [1.54, 1.807) is 11.0 Å². The minimum absolute atomic E-state index is 0.104. The Hall–Kier alpha value is -0.840. The zero-order chi connectivity index (χ0) is 12.2. The molecule has 0 aliphatic carbocycles. The Morgan fingerprint density at radius 3 is 2.44 bits per heavy atom. The van der Waals surface area contributed by atoms with Crippen LogP contribution in [0, 0.1) is 0 Å². The van der Waals surface area contributed by atoms with Crippen LogP contribution in [0.4, 0.5) is 0 Å². The van der Waals surface area contributed by atoms with Crippen molar-refractivity contribution in [3.05, 3.63) is 12.7 Å². The van der Waals surface area contributed by atoms with Crippen molar-refractivity contribution >= 4 is 15.7 Å². The third-order valence-electron chi connectivity index (χ3n) is 2.96.